The van der Waals surface area contributed by atoms with Crippen LogP contribution in [0.2, 0.25) is 10.0 Å². The van der Waals surface area contributed by atoms with E-state index in [-0.39, 0.29) is 5.91 Å². The predicted molar refractivity (Wildman–Crippen MR) is 117 cm³/mol. The number of benzene rings is 3. The van der Waals surface area contributed by atoms with Crippen molar-refractivity contribution in [3.63, 3.8) is 0 Å². The number of hydrogen-bond donors (Lipinski definition) is 1. The molecule has 0 bridgehead atoms. The van der Waals surface area contributed by atoms with Gasteiger partial charge < -0.3 is 10.1 Å². The average molecular weight is 432 g/mol. The fraction of sp³-hybridized carbons (Fsp3) is 0.136. The standard InChI is InChI=1S/C22H19Cl2NO2S/c1-27-21-11-4-16(22(26)25-13-15-2-5-18(23)6-3-15)12-17(21)14-28-20-9-7-19(24)8-10-20/h2-12H,13-14H2,1H3,(H,25,26). The first kappa shape index (κ1) is 20.6. The lowest BCUT2D eigenvalue weighted by molar-refractivity contribution is 0.0951. The van der Waals surface area contributed by atoms with Gasteiger partial charge in [-0.3, -0.25) is 4.79 Å². The number of thioether (sulfide) groups is 1. The summed E-state index contributed by atoms with van der Waals surface area (Å²) in [6.45, 7) is 0.441. The summed E-state index contributed by atoms with van der Waals surface area (Å²) in [6, 6.07) is 20.6. The maximum Gasteiger partial charge on any atom is 0.251 e. The van der Waals surface area contributed by atoms with E-state index in [2.05, 4.69) is 5.32 Å². The molecular weight excluding hydrogens is 413 g/mol. The van der Waals surface area contributed by atoms with Crippen molar-refractivity contribution in [3.05, 3.63) is 93.5 Å². The van der Waals surface area contributed by atoms with Crippen LogP contribution >= 0.6 is 35.0 Å². The lowest BCUT2D eigenvalue weighted by Gasteiger charge is -2.11. The van der Waals surface area contributed by atoms with Gasteiger partial charge in [0.1, 0.15) is 5.75 Å². The molecule has 3 rings (SSSR count). The van der Waals surface area contributed by atoms with Crippen LogP contribution in [0, 0.1) is 0 Å². The van der Waals surface area contributed by atoms with Crippen molar-refractivity contribution in [2.45, 2.75) is 17.2 Å². The number of halogens is 2. The molecule has 6 heteroatoms. The Hall–Kier alpha value is -2.14. The van der Waals surface area contributed by atoms with Crippen LogP contribution in [-0.4, -0.2) is 13.0 Å². The third-order valence-electron chi connectivity index (χ3n) is 4.12. The Morgan fingerprint density at radius 2 is 1.61 bits per heavy atom. The number of ether oxygens (including phenoxy) is 1. The predicted octanol–water partition coefficient (Wildman–Crippen LogP) is 6.22. The normalized spacial score (nSPS) is 10.5. The summed E-state index contributed by atoms with van der Waals surface area (Å²) < 4.78 is 5.45. The first-order chi connectivity index (χ1) is 13.5. The molecule has 0 spiro atoms. The SMILES string of the molecule is COc1ccc(C(=O)NCc2ccc(Cl)cc2)cc1CSc1ccc(Cl)cc1. The highest BCUT2D eigenvalue weighted by Crippen LogP contribution is 2.29. The second-order valence-corrected chi connectivity index (χ2v) is 8.00. The van der Waals surface area contributed by atoms with Gasteiger partial charge in [0.25, 0.3) is 5.91 Å². The van der Waals surface area contributed by atoms with E-state index in [0.29, 0.717) is 27.9 Å². The smallest absolute Gasteiger partial charge is 0.251 e. The van der Waals surface area contributed by atoms with E-state index in [1.165, 1.54) is 0 Å². The molecule has 3 aromatic carbocycles. The van der Waals surface area contributed by atoms with E-state index in [9.17, 15) is 4.79 Å². The van der Waals surface area contributed by atoms with Gasteiger partial charge in [0.2, 0.25) is 0 Å². The summed E-state index contributed by atoms with van der Waals surface area (Å²) in [4.78, 5) is 13.7. The Kier molecular flexibility index (Phi) is 7.26. The zero-order valence-corrected chi connectivity index (χ0v) is 17.6. The van der Waals surface area contributed by atoms with Gasteiger partial charge in [0.05, 0.1) is 7.11 Å². The number of amides is 1. The Morgan fingerprint density at radius 3 is 2.25 bits per heavy atom. The number of carbonyl (C=O) groups is 1. The zero-order valence-electron chi connectivity index (χ0n) is 15.2. The van der Waals surface area contributed by atoms with E-state index >= 15 is 0 Å². The van der Waals surface area contributed by atoms with Crippen molar-refractivity contribution in [1.29, 1.82) is 0 Å². The van der Waals surface area contributed by atoms with Crippen LogP contribution in [0.1, 0.15) is 21.5 Å². The second kappa shape index (κ2) is 9.87. The zero-order chi connectivity index (χ0) is 19.9. The molecule has 3 nitrogen and oxygen atoms in total. The molecule has 0 unspecified atom stereocenters. The largest absolute Gasteiger partial charge is 0.496 e. The van der Waals surface area contributed by atoms with E-state index in [1.807, 2.05) is 60.7 Å². The van der Waals surface area contributed by atoms with E-state index in [4.69, 9.17) is 27.9 Å². The van der Waals surface area contributed by atoms with Gasteiger partial charge in [0, 0.05) is 38.4 Å². The summed E-state index contributed by atoms with van der Waals surface area (Å²) in [5, 5.41) is 4.32. The molecule has 0 aliphatic rings. The molecular formula is C22H19Cl2NO2S. The number of hydrogen-bond acceptors (Lipinski definition) is 3. The maximum atomic E-state index is 12.5. The van der Waals surface area contributed by atoms with Crippen molar-refractivity contribution in [2.75, 3.05) is 7.11 Å². The first-order valence-electron chi connectivity index (χ1n) is 8.63. The summed E-state index contributed by atoms with van der Waals surface area (Å²) in [6.07, 6.45) is 0. The van der Waals surface area contributed by atoms with Crippen molar-refractivity contribution in [1.82, 2.24) is 5.32 Å². The van der Waals surface area contributed by atoms with Crippen molar-refractivity contribution in [2.24, 2.45) is 0 Å². The molecule has 0 fully saturated rings. The molecule has 0 aliphatic heterocycles. The Morgan fingerprint density at radius 1 is 0.964 bits per heavy atom. The molecule has 0 aliphatic carbocycles. The molecule has 3 aromatic rings. The van der Waals surface area contributed by atoms with Crippen molar-refractivity contribution < 1.29 is 9.53 Å². The summed E-state index contributed by atoms with van der Waals surface area (Å²) in [5.74, 6) is 1.31. The molecule has 1 N–H and O–H groups in total. The summed E-state index contributed by atoms with van der Waals surface area (Å²) in [7, 11) is 1.63. The Labute approximate surface area is 179 Å². The van der Waals surface area contributed by atoms with E-state index in [0.717, 1.165) is 21.8 Å². The van der Waals surface area contributed by atoms with E-state index in [1.54, 1.807) is 24.9 Å². The van der Waals surface area contributed by atoms with Gasteiger partial charge in [-0.2, -0.15) is 0 Å². The molecule has 0 saturated heterocycles. The van der Waals surface area contributed by atoms with Gasteiger partial charge in [-0.05, 0) is 60.2 Å². The molecule has 0 heterocycles. The Balaban J connectivity index is 1.67. The van der Waals surface area contributed by atoms with Crippen molar-refractivity contribution >= 4 is 40.9 Å². The first-order valence-corrected chi connectivity index (χ1v) is 10.4. The third kappa shape index (κ3) is 5.68. The van der Waals surface area contributed by atoms with Crippen molar-refractivity contribution in [3.8, 4) is 5.75 Å². The van der Waals surface area contributed by atoms with Crippen LogP contribution < -0.4 is 10.1 Å². The highest BCUT2D eigenvalue weighted by atomic mass is 35.5. The summed E-state index contributed by atoms with van der Waals surface area (Å²) >= 11 is 13.5. The van der Waals surface area contributed by atoms with Crippen LogP contribution in [0.5, 0.6) is 5.75 Å². The van der Waals surface area contributed by atoms with E-state index < -0.39 is 0 Å². The molecule has 1 amide bonds. The molecule has 0 radical (unpaired) electrons. The highest BCUT2D eigenvalue weighted by molar-refractivity contribution is 7.98. The third-order valence-corrected chi connectivity index (χ3v) is 5.68. The number of rotatable bonds is 7. The van der Waals surface area contributed by atoms with Crippen LogP contribution in [-0.2, 0) is 12.3 Å². The minimum Gasteiger partial charge on any atom is -0.496 e. The van der Waals surface area contributed by atoms with Gasteiger partial charge in [0.15, 0.2) is 0 Å². The van der Waals surface area contributed by atoms with Gasteiger partial charge in [-0.25, -0.2) is 0 Å². The topological polar surface area (TPSA) is 38.3 Å². The van der Waals surface area contributed by atoms with Gasteiger partial charge >= 0.3 is 0 Å². The molecule has 0 atom stereocenters. The van der Waals surface area contributed by atoms with Crippen LogP contribution in [0.4, 0.5) is 0 Å². The van der Waals surface area contributed by atoms with Crippen LogP contribution in [0.25, 0.3) is 0 Å². The highest BCUT2D eigenvalue weighted by Gasteiger charge is 2.11. The minimum absolute atomic E-state index is 0.129. The fourth-order valence-electron chi connectivity index (χ4n) is 2.61. The number of nitrogens with one attached hydrogen (secondary N) is 1. The number of carbonyl (C=O) groups excluding carboxylic acids is 1. The lowest BCUT2D eigenvalue weighted by atomic mass is 10.1. The van der Waals surface area contributed by atoms with Gasteiger partial charge in [-0.15, -0.1) is 11.8 Å². The lowest BCUT2D eigenvalue weighted by Crippen LogP contribution is -2.22. The van der Waals surface area contributed by atoms with Crippen LogP contribution in [0.15, 0.2) is 71.6 Å². The van der Waals surface area contributed by atoms with Gasteiger partial charge in [-0.1, -0.05) is 35.3 Å². The monoisotopic (exact) mass is 431 g/mol. The molecule has 144 valence electrons. The maximum absolute atomic E-state index is 12.5. The molecule has 0 aromatic heterocycles. The second-order valence-electron chi connectivity index (χ2n) is 6.08. The minimum atomic E-state index is -0.129. The fourth-order valence-corrected chi connectivity index (χ4v) is 3.74. The molecule has 0 saturated carbocycles. The quantitative estimate of drug-likeness (QED) is 0.450. The number of methoxy groups -OCH3 is 1. The average Bonchev–Trinajstić information content (AvgIpc) is 2.72. The Bertz CT molecular complexity index is 944. The van der Waals surface area contributed by atoms with Crippen LogP contribution in [0.3, 0.4) is 0 Å². The summed E-state index contributed by atoms with van der Waals surface area (Å²) in [5.41, 5.74) is 2.55. The molecule has 28 heavy (non-hydrogen) atoms.